The minimum Gasteiger partial charge on any atom is -0.497 e. The van der Waals surface area contributed by atoms with Crippen LogP contribution in [-0.2, 0) is 11.3 Å². The summed E-state index contributed by atoms with van der Waals surface area (Å²) in [6.45, 7) is 0.228. The van der Waals surface area contributed by atoms with Gasteiger partial charge < -0.3 is 10.1 Å². The van der Waals surface area contributed by atoms with Gasteiger partial charge in [-0.05, 0) is 48.4 Å². The van der Waals surface area contributed by atoms with Gasteiger partial charge in [-0.2, -0.15) is 0 Å². The van der Waals surface area contributed by atoms with Crippen molar-refractivity contribution in [2.24, 2.45) is 5.92 Å². The van der Waals surface area contributed by atoms with Gasteiger partial charge in [0.1, 0.15) is 11.6 Å². The van der Waals surface area contributed by atoms with E-state index in [1.54, 1.807) is 25.3 Å². The van der Waals surface area contributed by atoms with Crippen LogP contribution in [0.25, 0.3) is 0 Å². The number of methoxy groups -OCH3 is 1. The molecule has 1 unspecified atom stereocenters. The van der Waals surface area contributed by atoms with E-state index >= 15 is 0 Å². The van der Waals surface area contributed by atoms with Gasteiger partial charge in [-0.15, -0.1) is 0 Å². The Balaban J connectivity index is 1.61. The zero-order valence-electron chi connectivity index (χ0n) is 13.8. The molecule has 1 saturated carbocycles. The van der Waals surface area contributed by atoms with Crippen LogP contribution < -0.4 is 10.1 Å². The molecule has 0 saturated heterocycles. The molecule has 0 heterocycles. The molecule has 0 aromatic heterocycles. The van der Waals surface area contributed by atoms with Crippen LogP contribution in [0.1, 0.15) is 36.3 Å². The number of benzene rings is 2. The summed E-state index contributed by atoms with van der Waals surface area (Å²) in [6, 6.07) is 14.5. The molecule has 0 bridgehead atoms. The second-order valence-corrected chi connectivity index (χ2v) is 6.29. The van der Waals surface area contributed by atoms with Gasteiger partial charge in [0, 0.05) is 18.5 Å². The van der Waals surface area contributed by atoms with Crippen molar-refractivity contribution in [1.29, 1.82) is 0 Å². The maximum atomic E-state index is 13.6. The summed E-state index contributed by atoms with van der Waals surface area (Å²) >= 11 is 0. The summed E-state index contributed by atoms with van der Waals surface area (Å²) in [5, 5.41) is 2.84. The highest BCUT2D eigenvalue weighted by Crippen LogP contribution is 2.44. The highest BCUT2D eigenvalue weighted by molar-refractivity contribution is 5.77. The Morgan fingerprint density at radius 3 is 2.54 bits per heavy atom. The number of rotatable bonds is 7. The molecule has 3 nitrogen and oxygen atoms in total. The van der Waals surface area contributed by atoms with Crippen molar-refractivity contribution in [2.45, 2.75) is 31.7 Å². The van der Waals surface area contributed by atoms with E-state index in [2.05, 4.69) is 5.32 Å². The zero-order valence-corrected chi connectivity index (χ0v) is 13.8. The molecule has 0 radical (unpaired) electrons. The van der Waals surface area contributed by atoms with E-state index in [9.17, 15) is 9.18 Å². The van der Waals surface area contributed by atoms with E-state index in [1.807, 2.05) is 24.3 Å². The summed E-state index contributed by atoms with van der Waals surface area (Å²) in [6.07, 6.45) is 2.76. The fourth-order valence-corrected chi connectivity index (χ4v) is 3.01. The molecule has 1 amide bonds. The van der Waals surface area contributed by atoms with Crippen LogP contribution >= 0.6 is 0 Å². The van der Waals surface area contributed by atoms with Crippen molar-refractivity contribution in [1.82, 2.24) is 5.32 Å². The third-order valence-electron chi connectivity index (χ3n) is 4.57. The summed E-state index contributed by atoms with van der Waals surface area (Å²) in [7, 11) is 1.64. The van der Waals surface area contributed by atoms with Crippen LogP contribution in [0.5, 0.6) is 5.75 Å². The number of halogens is 1. The molecular formula is C20H22FNO2. The molecule has 126 valence electrons. The molecule has 1 atom stereocenters. The van der Waals surface area contributed by atoms with E-state index in [0.29, 0.717) is 17.9 Å². The predicted octanol–water partition coefficient (Wildman–Crippen LogP) is 4.03. The number of hydrogen-bond acceptors (Lipinski definition) is 2. The number of hydrogen-bond donors (Lipinski definition) is 1. The van der Waals surface area contributed by atoms with Crippen LogP contribution in [0.3, 0.4) is 0 Å². The Hall–Kier alpha value is -2.36. The second-order valence-electron chi connectivity index (χ2n) is 6.29. The van der Waals surface area contributed by atoms with Crippen molar-refractivity contribution in [3.05, 3.63) is 65.5 Å². The fourth-order valence-electron chi connectivity index (χ4n) is 3.01. The molecule has 0 spiro atoms. The smallest absolute Gasteiger partial charge is 0.220 e. The maximum absolute atomic E-state index is 13.6. The fraction of sp³-hybridized carbons (Fsp3) is 0.350. The lowest BCUT2D eigenvalue weighted by Gasteiger charge is -2.17. The maximum Gasteiger partial charge on any atom is 0.220 e. The first kappa shape index (κ1) is 16.5. The molecule has 1 fully saturated rings. The first-order valence-corrected chi connectivity index (χ1v) is 8.31. The molecule has 1 aliphatic rings. The predicted molar refractivity (Wildman–Crippen MR) is 91.3 cm³/mol. The van der Waals surface area contributed by atoms with E-state index in [1.165, 1.54) is 11.6 Å². The monoisotopic (exact) mass is 327 g/mol. The summed E-state index contributed by atoms with van der Waals surface area (Å²) < 4.78 is 18.8. The van der Waals surface area contributed by atoms with Gasteiger partial charge in [0.05, 0.1) is 7.11 Å². The highest BCUT2D eigenvalue weighted by atomic mass is 19.1. The molecular weight excluding hydrogens is 305 g/mol. The molecule has 3 rings (SSSR count). The van der Waals surface area contributed by atoms with Gasteiger partial charge in [0.2, 0.25) is 5.91 Å². The molecule has 4 heteroatoms. The topological polar surface area (TPSA) is 38.3 Å². The largest absolute Gasteiger partial charge is 0.497 e. The number of amides is 1. The Kier molecular flexibility index (Phi) is 5.14. The molecule has 0 aliphatic heterocycles. The third kappa shape index (κ3) is 4.13. The van der Waals surface area contributed by atoms with Crippen molar-refractivity contribution in [3.8, 4) is 5.75 Å². The average molecular weight is 327 g/mol. The summed E-state index contributed by atoms with van der Waals surface area (Å²) in [5.41, 5.74) is 1.68. The molecule has 1 N–H and O–H groups in total. The van der Waals surface area contributed by atoms with Crippen LogP contribution in [-0.4, -0.2) is 13.0 Å². The standard InChI is InChI=1S/C20H22FNO2/c1-24-17-10-8-15(9-11-17)18(14-6-7-14)12-20(23)22-13-16-4-2-3-5-19(16)21/h2-5,8-11,14,18H,6-7,12-13H2,1H3,(H,22,23). The van der Waals surface area contributed by atoms with Crippen LogP contribution in [0.15, 0.2) is 48.5 Å². The number of carbonyl (C=O) groups is 1. The van der Waals surface area contributed by atoms with E-state index in [0.717, 1.165) is 18.6 Å². The number of ether oxygens (including phenoxy) is 1. The molecule has 24 heavy (non-hydrogen) atoms. The minimum atomic E-state index is -0.285. The van der Waals surface area contributed by atoms with Crippen molar-refractivity contribution >= 4 is 5.91 Å². The lowest BCUT2D eigenvalue weighted by molar-refractivity contribution is -0.121. The van der Waals surface area contributed by atoms with E-state index < -0.39 is 0 Å². The van der Waals surface area contributed by atoms with Gasteiger partial charge in [0.25, 0.3) is 0 Å². The van der Waals surface area contributed by atoms with Gasteiger partial charge in [-0.1, -0.05) is 30.3 Å². The molecule has 2 aromatic rings. The van der Waals surface area contributed by atoms with Crippen molar-refractivity contribution in [3.63, 3.8) is 0 Å². The lowest BCUT2D eigenvalue weighted by Crippen LogP contribution is -2.25. The highest BCUT2D eigenvalue weighted by Gasteiger charge is 2.33. The summed E-state index contributed by atoms with van der Waals surface area (Å²) in [5.74, 6) is 1.28. The molecule has 2 aromatic carbocycles. The lowest BCUT2D eigenvalue weighted by atomic mass is 9.90. The zero-order chi connectivity index (χ0) is 16.9. The third-order valence-corrected chi connectivity index (χ3v) is 4.57. The first-order valence-electron chi connectivity index (χ1n) is 8.31. The van der Waals surface area contributed by atoms with Gasteiger partial charge in [-0.3, -0.25) is 4.79 Å². The van der Waals surface area contributed by atoms with Crippen LogP contribution in [0, 0.1) is 11.7 Å². The quantitative estimate of drug-likeness (QED) is 0.833. The van der Waals surface area contributed by atoms with Crippen molar-refractivity contribution < 1.29 is 13.9 Å². The van der Waals surface area contributed by atoms with Gasteiger partial charge >= 0.3 is 0 Å². The molecule has 1 aliphatic carbocycles. The Bertz CT molecular complexity index is 695. The Morgan fingerprint density at radius 1 is 1.21 bits per heavy atom. The van der Waals surface area contributed by atoms with Crippen LogP contribution in [0.2, 0.25) is 0 Å². The average Bonchev–Trinajstić information content (AvgIpc) is 3.44. The van der Waals surface area contributed by atoms with Gasteiger partial charge in [-0.25, -0.2) is 4.39 Å². The number of nitrogens with one attached hydrogen (secondary N) is 1. The van der Waals surface area contributed by atoms with Gasteiger partial charge in [0.15, 0.2) is 0 Å². The summed E-state index contributed by atoms with van der Waals surface area (Å²) in [4.78, 5) is 12.3. The van der Waals surface area contributed by atoms with Crippen molar-refractivity contribution in [2.75, 3.05) is 7.11 Å². The normalized spacial score (nSPS) is 14.9. The number of carbonyl (C=O) groups excluding carboxylic acids is 1. The van der Waals surface area contributed by atoms with Crippen LogP contribution in [0.4, 0.5) is 4.39 Å². The second kappa shape index (κ2) is 7.47. The first-order chi connectivity index (χ1) is 11.7. The Morgan fingerprint density at radius 2 is 1.92 bits per heavy atom. The minimum absolute atomic E-state index is 0.0361. The van der Waals surface area contributed by atoms with E-state index in [-0.39, 0.29) is 24.2 Å². The SMILES string of the molecule is COc1ccc(C(CC(=O)NCc2ccccc2F)C2CC2)cc1. The Labute approximate surface area is 141 Å². The van der Waals surface area contributed by atoms with E-state index in [4.69, 9.17) is 4.74 Å².